The van der Waals surface area contributed by atoms with Gasteiger partial charge in [-0.3, -0.25) is 14.7 Å². The van der Waals surface area contributed by atoms with Gasteiger partial charge in [-0.2, -0.15) is 0 Å². The summed E-state index contributed by atoms with van der Waals surface area (Å²) in [5, 5.41) is 0. The maximum Gasteiger partial charge on any atom is 0.415 e. The van der Waals surface area contributed by atoms with Crippen molar-refractivity contribution in [1.29, 1.82) is 0 Å². The Labute approximate surface area is 147 Å². The van der Waals surface area contributed by atoms with Crippen molar-refractivity contribution in [3.05, 3.63) is 18.1 Å². The zero-order valence-electron chi connectivity index (χ0n) is 14.7. The van der Waals surface area contributed by atoms with Gasteiger partial charge in [-0.1, -0.05) is 0 Å². The monoisotopic (exact) mass is 348 g/mol. The molecule has 0 aromatic carbocycles. The number of carbonyl (C=O) groups excluding carboxylic acids is 2. The molecule has 0 spiro atoms. The molecule has 0 bridgehead atoms. The number of hydrogen-bond donors (Lipinski definition) is 0. The van der Waals surface area contributed by atoms with E-state index in [4.69, 9.17) is 9.47 Å². The SMILES string of the molecule is COCC(=O)N1CCC(Cc2nccnc2N2C[C@@H](C)OC2=O)CC1. The fourth-order valence-corrected chi connectivity index (χ4v) is 3.38. The lowest BCUT2D eigenvalue weighted by molar-refractivity contribution is -0.136. The smallest absolute Gasteiger partial charge is 0.415 e. The molecular weight excluding hydrogens is 324 g/mol. The largest absolute Gasteiger partial charge is 0.444 e. The second-order valence-corrected chi connectivity index (χ2v) is 6.59. The van der Waals surface area contributed by atoms with E-state index in [-0.39, 0.29) is 24.7 Å². The predicted molar refractivity (Wildman–Crippen MR) is 90.2 cm³/mol. The molecule has 0 unspecified atom stereocenters. The van der Waals surface area contributed by atoms with E-state index >= 15 is 0 Å². The van der Waals surface area contributed by atoms with Gasteiger partial charge in [-0.15, -0.1) is 0 Å². The van der Waals surface area contributed by atoms with Crippen LogP contribution in [0, 0.1) is 5.92 Å². The van der Waals surface area contributed by atoms with Crippen molar-refractivity contribution in [3.63, 3.8) is 0 Å². The van der Waals surface area contributed by atoms with Gasteiger partial charge in [0.2, 0.25) is 5.91 Å². The highest BCUT2D eigenvalue weighted by atomic mass is 16.6. The van der Waals surface area contributed by atoms with Crippen molar-refractivity contribution in [2.75, 3.05) is 38.3 Å². The van der Waals surface area contributed by atoms with Gasteiger partial charge in [0, 0.05) is 32.6 Å². The summed E-state index contributed by atoms with van der Waals surface area (Å²) in [6, 6.07) is 0. The Hall–Kier alpha value is -2.22. The van der Waals surface area contributed by atoms with Crippen LogP contribution in [0.15, 0.2) is 12.4 Å². The second kappa shape index (κ2) is 7.77. The van der Waals surface area contributed by atoms with Gasteiger partial charge in [-0.05, 0) is 32.1 Å². The minimum Gasteiger partial charge on any atom is -0.444 e. The van der Waals surface area contributed by atoms with E-state index in [1.807, 2.05) is 11.8 Å². The number of piperidine rings is 1. The molecule has 2 fully saturated rings. The number of likely N-dealkylation sites (tertiary alicyclic amines) is 1. The van der Waals surface area contributed by atoms with Gasteiger partial charge in [-0.25, -0.2) is 9.78 Å². The summed E-state index contributed by atoms with van der Waals surface area (Å²) in [7, 11) is 1.53. The van der Waals surface area contributed by atoms with E-state index in [1.165, 1.54) is 7.11 Å². The van der Waals surface area contributed by atoms with Crippen LogP contribution in [0.2, 0.25) is 0 Å². The molecule has 8 nitrogen and oxygen atoms in total. The molecule has 1 aromatic rings. The fourth-order valence-electron chi connectivity index (χ4n) is 3.38. The van der Waals surface area contributed by atoms with Crippen molar-refractivity contribution >= 4 is 17.8 Å². The third-order valence-electron chi connectivity index (χ3n) is 4.69. The van der Waals surface area contributed by atoms with Gasteiger partial charge >= 0.3 is 6.09 Å². The van der Waals surface area contributed by atoms with E-state index in [0.29, 0.717) is 18.3 Å². The molecule has 1 atom stereocenters. The molecule has 0 radical (unpaired) electrons. The van der Waals surface area contributed by atoms with Crippen LogP contribution in [0.5, 0.6) is 0 Å². The summed E-state index contributed by atoms with van der Waals surface area (Å²) in [6.07, 6.45) is 5.31. The van der Waals surface area contributed by atoms with Crippen molar-refractivity contribution < 1.29 is 19.1 Å². The third kappa shape index (κ3) is 4.07. The molecule has 3 rings (SSSR count). The van der Waals surface area contributed by atoms with E-state index in [0.717, 1.165) is 38.0 Å². The standard InChI is InChI=1S/C17H24N4O4/c1-12-10-21(17(23)25-12)16-14(18-5-6-19-16)9-13-3-7-20(8-4-13)15(22)11-24-2/h5-6,12-13H,3-4,7-11H2,1-2H3/t12-/m1/s1. The first-order valence-corrected chi connectivity index (χ1v) is 8.63. The van der Waals surface area contributed by atoms with Gasteiger partial charge < -0.3 is 14.4 Å². The van der Waals surface area contributed by atoms with Crippen molar-refractivity contribution in [3.8, 4) is 0 Å². The molecule has 8 heteroatoms. The number of aromatic nitrogens is 2. The Morgan fingerprint density at radius 2 is 2.04 bits per heavy atom. The first-order valence-electron chi connectivity index (χ1n) is 8.63. The molecular formula is C17H24N4O4. The number of amides is 2. The first kappa shape index (κ1) is 17.6. The molecule has 3 heterocycles. The summed E-state index contributed by atoms with van der Waals surface area (Å²) in [5.41, 5.74) is 0.815. The molecule has 2 amide bonds. The number of anilines is 1. The first-order chi connectivity index (χ1) is 12.1. The zero-order chi connectivity index (χ0) is 17.8. The van der Waals surface area contributed by atoms with Crippen LogP contribution in [-0.2, 0) is 20.7 Å². The third-order valence-corrected chi connectivity index (χ3v) is 4.69. The summed E-state index contributed by atoms with van der Waals surface area (Å²) in [6.45, 7) is 3.94. The van der Waals surface area contributed by atoms with E-state index < -0.39 is 0 Å². The topological polar surface area (TPSA) is 84.9 Å². The number of hydrogen-bond acceptors (Lipinski definition) is 6. The molecule has 2 aliphatic rings. The van der Waals surface area contributed by atoms with Gasteiger partial charge in [0.05, 0.1) is 12.2 Å². The number of nitrogens with zero attached hydrogens (tertiary/aromatic N) is 4. The van der Waals surface area contributed by atoms with E-state index in [9.17, 15) is 9.59 Å². The molecule has 2 saturated heterocycles. The molecule has 0 N–H and O–H groups in total. The molecule has 0 saturated carbocycles. The average Bonchev–Trinajstić information content (AvgIpc) is 2.94. The highest BCUT2D eigenvalue weighted by molar-refractivity contribution is 5.89. The Balaban J connectivity index is 1.63. The number of ether oxygens (including phenoxy) is 2. The minimum atomic E-state index is -0.366. The van der Waals surface area contributed by atoms with E-state index in [2.05, 4.69) is 9.97 Å². The second-order valence-electron chi connectivity index (χ2n) is 6.59. The van der Waals surface area contributed by atoms with Crippen molar-refractivity contribution in [2.24, 2.45) is 5.92 Å². The summed E-state index contributed by atoms with van der Waals surface area (Å²) in [4.78, 5) is 36.1. The highest BCUT2D eigenvalue weighted by Gasteiger charge is 2.33. The van der Waals surface area contributed by atoms with Crippen molar-refractivity contribution in [1.82, 2.24) is 14.9 Å². The van der Waals surface area contributed by atoms with Crippen LogP contribution in [0.4, 0.5) is 10.6 Å². The van der Waals surface area contributed by atoms with Crippen LogP contribution >= 0.6 is 0 Å². The molecule has 1 aromatic heterocycles. The molecule has 25 heavy (non-hydrogen) atoms. The van der Waals surface area contributed by atoms with Crippen LogP contribution in [-0.4, -0.2) is 66.3 Å². The summed E-state index contributed by atoms with van der Waals surface area (Å²) >= 11 is 0. The maximum absolute atomic E-state index is 12.0. The van der Waals surface area contributed by atoms with Crippen LogP contribution in [0.3, 0.4) is 0 Å². The van der Waals surface area contributed by atoms with Crippen molar-refractivity contribution in [2.45, 2.75) is 32.3 Å². The lowest BCUT2D eigenvalue weighted by Crippen LogP contribution is -2.40. The zero-order valence-corrected chi connectivity index (χ0v) is 14.7. The Bertz CT molecular complexity index is 631. The van der Waals surface area contributed by atoms with Crippen LogP contribution < -0.4 is 4.90 Å². The predicted octanol–water partition coefficient (Wildman–Crippen LogP) is 1.25. The van der Waals surface area contributed by atoms with Gasteiger partial charge in [0.25, 0.3) is 0 Å². The van der Waals surface area contributed by atoms with Gasteiger partial charge in [0.1, 0.15) is 12.7 Å². The average molecular weight is 348 g/mol. The molecule has 2 aliphatic heterocycles. The number of methoxy groups -OCH3 is 1. The number of rotatable bonds is 5. The minimum absolute atomic E-state index is 0.0370. The molecule has 0 aliphatic carbocycles. The lowest BCUT2D eigenvalue weighted by atomic mass is 9.92. The Morgan fingerprint density at radius 1 is 1.32 bits per heavy atom. The van der Waals surface area contributed by atoms with E-state index in [1.54, 1.807) is 17.3 Å². The summed E-state index contributed by atoms with van der Waals surface area (Å²) < 4.78 is 10.1. The summed E-state index contributed by atoms with van der Waals surface area (Å²) in [5.74, 6) is 1.04. The Morgan fingerprint density at radius 3 is 2.68 bits per heavy atom. The lowest BCUT2D eigenvalue weighted by Gasteiger charge is -2.32. The van der Waals surface area contributed by atoms with Crippen LogP contribution in [0.1, 0.15) is 25.5 Å². The Kier molecular flexibility index (Phi) is 5.47. The normalized spacial score (nSPS) is 21.5. The quantitative estimate of drug-likeness (QED) is 0.796. The fraction of sp³-hybridized carbons (Fsp3) is 0.647. The maximum atomic E-state index is 12.0. The van der Waals surface area contributed by atoms with Gasteiger partial charge in [0.15, 0.2) is 5.82 Å². The molecule has 136 valence electrons. The van der Waals surface area contributed by atoms with Crippen LogP contribution in [0.25, 0.3) is 0 Å². The highest BCUT2D eigenvalue weighted by Crippen LogP contribution is 2.27. The number of cyclic esters (lactones) is 1. The number of carbonyl (C=O) groups is 2.